The Balaban J connectivity index is 2.72. The number of ether oxygens (including phenoxy) is 1. The predicted molar refractivity (Wildman–Crippen MR) is 42.9 cm³/mol. The second-order valence-electron chi connectivity index (χ2n) is 2.24. The van der Waals surface area contributed by atoms with E-state index in [4.69, 9.17) is 15.6 Å². The van der Waals surface area contributed by atoms with Crippen LogP contribution in [0.15, 0.2) is 35.8 Å². The Labute approximate surface area is 65.5 Å². The second kappa shape index (κ2) is 3.83. The molecule has 3 N–H and O–H groups in total. The molecule has 0 aromatic heterocycles. The molecule has 0 aromatic carbocycles. The van der Waals surface area contributed by atoms with Crippen LogP contribution in [0.2, 0.25) is 0 Å². The number of allylic oxidation sites excluding steroid dienone is 3. The lowest BCUT2D eigenvalue weighted by Gasteiger charge is -1.97. The third-order valence-corrected chi connectivity index (χ3v) is 1.24. The topological polar surface area (TPSA) is 55.5 Å². The van der Waals surface area contributed by atoms with Crippen LogP contribution in [0.1, 0.15) is 0 Å². The van der Waals surface area contributed by atoms with Gasteiger partial charge in [-0.1, -0.05) is 6.08 Å². The molecule has 1 aliphatic heterocycles. The summed E-state index contributed by atoms with van der Waals surface area (Å²) >= 11 is 0. The third-order valence-electron chi connectivity index (χ3n) is 1.24. The fraction of sp³-hybridized carbons (Fsp3) is 0.250. The van der Waals surface area contributed by atoms with Crippen LogP contribution < -0.4 is 5.73 Å². The molecule has 1 rings (SSSR count). The number of rotatable bonds is 0. The Morgan fingerprint density at radius 3 is 3.09 bits per heavy atom. The SMILES string of the molecule is NC1=C/C=C(/O)COC/C=C\1. The fourth-order valence-electron chi connectivity index (χ4n) is 0.712. The van der Waals surface area contributed by atoms with Gasteiger partial charge in [0, 0.05) is 5.70 Å². The van der Waals surface area contributed by atoms with Crippen LogP contribution in [0.4, 0.5) is 0 Å². The zero-order chi connectivity index (χ0) is 8.10. The maximum absolute atomic E-state index is 9.07. The summed E-state index contributed by atoms with van der Waals surface area (Å²) in [5.74, 6) is 0.191. The third kappa shape index (κ3) is 2.91. The lowest BCUT2D eigenvalue weighted by molar-refractivity contribution is 0.153. The maximum atomic E-state index is 9.07. The summed E-state index contributed by atoms with van der Waals surface area (Å²) in [4.78, 5) is 0. The first-order chi connectivity index (χ1) is 5.29. The van der Waals surface area contributed by atoms with Gasteiger partial charge in [0.2, 0.25) is 0 Å². The molecule has 60 valence electrons. The molecule has 0 bridgehead atoms. The summed E-state index contributed by atoms with van der Waals surface area (Å²) in [5, 5.41) is 9.07. The molecule has 0 radical (unpaired) electrons. The average molecular weight is 153 g/mol. The molecule has 0 spiro atoms. The summed E-state index contributed by atoms with van der Waals surface area (Å²) in [6, 6.07) is 0. The lowest BCUT2D eigenvalue weighted by Crippen LogP contribution is -1.96. The van der Waals surface area contributed by atoms with Crippen molar-refractivity contribution in [2.75, 3.05) is 13.2 Å². The van der Waals surface area contributed by atoms with E-state index in [2.05, 4.69) is 0 Å². The highest BCUT2D eigenvalue weighted by Gasteiger charge is 1.92. The van der Waals surface area contributed by atoms with Gasteiger partial charge in [0.05, 0.1) is 6.61 Å². The van der Waals surface area contributed by atoms with Crippen molar-refractivity contribution in [3.63, 3.8) is 0 Å². The molecule has 0 fully saturated rings. The van der Waals surface area contributed by atoms with E-state index in [1.807, 2.05) is 0 Å². The normalized spacial score (nSPS) is 31.6. The summed E-state index contributed by atoms with van der Waals surface area (Å²) < 4.78 is 5.02. The van der Waals surface area contributed by atoms with Gasteiger partial charge in [-0.15, -0.1) is 0 Å². The van der Waals surface area contributed by atoms with Crippen molar-refractivity contribution in [1.82, 2.24) is 0 Å². The van der Waals surface area contributed by atoms with Crippen molar-refractivity contribution < 1.29 is 9.84 Å². The zero-order valence-corrected chi connectivity index (χ0v) is 6.16. The van der Waals surface area contributed by atoms with Crippen LogP contribution in [-0.4, -0.2) is 18.3 Å². The Morgan fingerprint density at radius 2 is 2.27 bits per heavy atom. The van der Waals surface area contributed by atoms with Gasteiger partial charge >= 0.3 is 0 Å². The van der Waals surface area contributed by atoms with Crippen LogP contribution in [0.3, 0.4) is 0 Å². The Kier molecular flexibility index (Phi) is 2.74. The number of aliphatic hydroxyl groups excluding tert-OH is 1. The van der Waals surface area contributed by atoms with Crippen molar-refractivity contribution in [2.45, 2.75) is 0 Å². The lowest BCUT2D eigenvalue weighted by atomic mass is 10.3. The Morgan fingerprint density at radius 1 is 1.45 bits per heavy atom. The summed E-state index contributed by atoms with van der Waals surface area (Å²) in [6.07, 6.45) is 6.72. The van der Waals surface area contributed by atoms with E-state index in [0.29, 0.717) is 12.3 Å². The van der Waals surface area contributed by atoms with E-state index in [1.54, 1.807) is 18.2 Å². The standard InChI is InChI=1S/C8H11NO2/c9-7-2-1-5-11-6-8(10)4-3-7/h1-4,10H,5-6,9H2/b2-1-,7-3+,8-4+. The second-order valence-corrected chi connectivity index (χ2v) is 2.24. The minimum atomic E-state index is 0.191. The van der Waals surface area contributed by atoms with Crippen LogP contribution in [0.5, 0.6) is 0 Å². The molecule has 3 nitrogen and oxygen atoms in total. The van der Waals surface area contributed by atoms with E-state index >= 15 is 0 Å². The van der Waals surface area contributed by atoms with Gasteiger partial charge in [-0.05, 0) is 18.2 Å². The first kappa shape index (κ1) is 7.88. The minimum absolute atomic E-state index is 0.191. The highest BCUT2D eigenvalue weighted by molar-refractivity contribution is 5.22. The van der Waals surface area contributed by atoms with Gasteiger partial charge in [-0.2, -0.15) is 0 Å². The number of aliphatic hydroxyl groups is 1. The molecule has 0 atom stereocenters. The Hall–Kier alpha value is -1.22. The van der Waals surface area contributed by atoms with Crippen LogP contribution >= 0.6 is 0 Å². The zero-order valence-electron chi connectivity index (χ0n) is 6.16. The van der Waals surface area contributed by atoms with Gasteiger partial charge in [0.15, 0.2) is 0 Å². The molecule has 0 amide bonds. The van der Waals surface area contributed by atoms with E-state index in [-0.39, 0.29) is 12.4 Å². The smallest absolute Gasteiger partial charge is 0.118 e. The van der Waals surface area contributed by atoms with Crippen LogP contribution in [0, 0.1) is 0 Å². The van der Waals surface area contributed by atoms with E-state index in [0.717, 1.165) is 0 Å². The Bertz CT molecular complexity index is 216. The van der Waals surface area contributed by atoms with Crippen molar-refractivity contribution in [1.29, 1.82) is 0 Å². The van der Waals surface area contributed by atoms with Crippen molar-refractivity contribution in [2.24, 2.45) is 5.73 Å². The van der Waals surface area contributed by atoms with Gasteiger partial charge < -0.3 is 15.6 Å². The highest BCUT2D eigenvalue weighted by atomic mass is 16.5. The van der Waals surface area contributed by atoms with Gasteiger partial charge in [0.1, 0.15) is 12.4 Å². The number of nitrogens with two attached hydrogens (primary N) is 1. The average Bonchev–Trinajstić information content (AvgIpc) is 2.06. The molecule has 0 unspecified atom stereocenters. The highest BCUT2D eigenvalue weighted by Crippen LogP contribution is 1.97. The monoisotopic (exact) mass is 153 g/mol. The van der Waals surface area contributed by atoms with E-state index < -0.39 is 0 Å². The van der Waals surface area contributed by atoms with Gasteiger partial charge in [-0.3, -0.25) is 0 Å². The molecular formula is C8H11NO2. The van der Waals surface area contributed by atoms with Crippen molar-refractivity contribution in [3.8, 4) is 0 Å². The van der Waals surface area contributed by atoms with Crippen molar-refractivity contribution >= 4 is 0 Å². The van der Waals surface area contributed by atoms with Crippen LogP contribution in [0.25, 0.3) is 0 Å². The summed E-state index contributed by atoms with van der Waals surface area (Å²) in [5.41, 5.74) is 6.11. The summed E-state index contributed by atoms with van der Waals surface area (Å²) in [6.45, 7) is 0.723. The molecular weight excluding hydrogens is 142 g/mol. The first-order valence-electron chi connectivity index (χ1n) is 3.38. The molecule has 0 aliphatic carbocycles. The van der Waals surface area contributed by atoms with Crippen LogP contribution in [-0.2, 0) is 4.74 Å². The molecule has 11 heavy (non-hydrogen) atoms. The molecule has 3 heteroatoms. The molecule has 1 aliphatic rings. The molecule has 0 saturated heterocycles. The largest absolute Gasteiger partial charge is 0.510 e. The van der Waals surface area contributed by atoms with E-state index in [1.165, 1.54) is 6.08 Å². The van der Waals surface area contributed by atoms with Gasteiger partial charge in [0.25, 0.3) is 0 Å². The van der Waals surface area contributed by atoms with Crippen molar-refractivity contribution in [3.05, 3.63) is 35.8 Å². The number of hydrogen-bond donors (Lipinski definition) is 2. The molecule has 0 aromatic rings. The molecule has 0 saturated carbocycles. The minimum Gasteiger partial charge on any atom is -0.510 e. The maximum Gasteiger partial charge on any atom is 0.118 e. The molecule has 1 heterocycles. The first-order valence-corrected chi connectivity index (χ1v) is 3.38. The number of hydrogen-bond acceptors (Lipinski definition) is 3. The van der Waals surface area contributed by atoms with E-state index in [9.17, 15) is 0 Å². The quantitative estimate of drug-likeness (QED) is 0.542. The fourth-order valence-corrected chi connectivity index (χ4v) is 0.712. The van der Waals surface area contributed by atoms with Gasteiger partial charge in [-0.25, -0.2) is 0 Å². The summed E-state index contributed by atoms with van der Waals surface area (Å²) in [7, 11) is 0. The predicted octanol–water partition coefficient (Wildman–Crippen LogP) is 0.857.